The fourth-order valence-electron chi connectivity index (χ4n) is 1.78. The van der Waals surface area contributed by atoms with Crippen LogP contribution in [0.4, 0.5) is 4.39 Å². The van der Waals surface area contributed by atoms with Crippen LogP contribution in [0.1, 0.15) is 21.8 Å². The summed E-state index contributed by atoms with van der Waals surface area (Å²) >= 11 is 3.05. The predicted octanol–water partition coefficient (Wildman–Crippen LogP) is 4.08. The van der Waals surface area contributed by atoms with Crippen LogP contribution in [0.15, 0.2) is 53.0 Å². The molecule has 0 aliphatic carbocycles. The summed E-state index contributed by atoms with van der Waals surface area (Å²) in [5.41, 5.74) is 0.779. The topological polar surface area (TPSA) is 40.9 Å². The first-order valence-electron chi connectivity index (χ1n) is 5.58. The van der Waals surface area contributed by atoms with Gasteiger partial charge in [-0.15, -0.1) is 0 Å². The standard InChI is InChI=1S/C15H9BrFNO/c16-14-11(7-4-8-13(14)17)15(19)12(9-18)10-5-2-1-3-6-10/h1-8,12H. The first kappa shape index (κ1) is 13.4. The minimum Gasteiger partial charge on any atom is -0.292 e. The number of carbonyl (C=O) groups excluding carboxylic acids is 1. The Kier molecular flexibility index (Phi) is 4.08. The third-order valence-corrected chi connectivity index (χ3v) is 3.55. The highest BCUT2D eigenvalue weighted by atomic mass is 79.9. The van der Waals surface area contributed by atoms with Crippen LogP contribution in [0.3, 0.4) is 0 Å². The van der Waals surface area contributed by atoms with Gasteiger partial charge >= 0.3 is 0 Å². The Bertz CT molecular complexity index is 649. The van der Waals surface area contributed by atoms with E-state index in [-0.39, 0.29) is 10.0 Å². The number of nitriles is 1. The van der Waals surface area contributed by atoms with Gasteiger partial charge in [0.1, 0.15) is 11.7 Å². The van der Waals surface area contributed by atoms with Crippen molar-refractivity contribution in [1.82, 2.24) is 0 Å². The minimum atomic E-state index is -0.931. The lowest BCUT2D eigenvalue weighted by Gasteiger charge is -2.10. The van der Waals surface area contributed by atoms with E-state index in [1.807, 2.05) is 6.07 Å². The molecule has 19 heavy (non-hydrogen) atoms. The van der Waals surface area contributed by atoms with E-state index in [2.05, 4.69) is 15.9 Å². The van der Waals surface area contributed by atoms with Crippen LogP contribution in [-0.2, 0) is 0 Å². The van der Waals surface area contributed by atoms with Crippen molar-refractivity contribution >= 4 is 21.7 Å². The van der Waals surface area contributed by atoms with Gasteiger partial charge in [-0.25, -0.2) is 4.39 Å². The molecule has 0 saturated heterocycles. The fraction of sp³-hybridized carbons (Fsp3) is 0.0667. The van der Waals surface area contributed by atoms with E-state index >= 15 is 0 Å². The number of nitrogens with zero attached hydrogens (tertiary/aromatic N) is 1. The van der Waals surface area contributed by atoms with Crippen molar-refractivity contribution in [1.29, 1.82) is 5.26 Å². The van der Waals surface area contributed by atoms with E-state index < -0.39 is 17.5 Å². The maximum Gasteiger partial charge on any atom is 0.185 e. The van der Waals surface area contributed by atoms with Crippen molar-refractivity contribution in [3.05, 3.63) is 69.9 Å². The van der Waals surface area contributed by atoms with E-state index in [0.29, 0.717) is 5.56 Å². The highest BCUT2D eigenvalue weighted by Crippen LogP contribution is 2.27. The van der Waals surface area contributed by atoms with Crippen LogP contribution in [0.25, 0.3) is 0 Å². The number of hydrogen-bond acceptors (Lipinski definition) is 2. The van der Waals surface area contributed by atoms with Crippen LogP contribution in [0, 0.1) is 17.1 Å². The first-order valence-corrected chi connectivity index (χ1v) is 6.37. The Morgan fingerprint density at radius 3 is 2.47 bits per heavy atom. The summed E-state index contributed by atoms with van der Waals surface area (Å²) in [7, 11) is 0. The van der Waals surface area contributed by atoms with Crippen LogP contribution in [-0.4, -0.2) is 5.78 Å². The lowest BCUT2D eigenvalue weighted by molar-refractivity contribution is 0.0977. The molecular weight excluding hydrogens is 309 g/mol. The average Bonchev–Trinajstić information content (AvgIpc) is 2.44. The third-order valence-electron chi connectivity index (χ3n) is 2.74. The van der Waals surface area contributed by atoms with Gasteiger partial charge in [-0.2, -0.15) is 5.26 Å². The van der Waals surface area contributed by atoms with Crippen LogP contribution in [0.5, 0.6) is 0 Å². The Labute approximate surface area is 118 Å². The number of carbonyl (C=O) groups is 1. The summed E-state index contributed by atoms with van der Waals surface area (Å²) in [6.45, 7) is 0. The Hall–Kier alpha value is -1.99. The molecule has 0 bridgehead atoms. The quantitative estimate of drug-likeness (QED) is 0.800. The smallest absolute Gasteiger partial charge is 0.185 e. The van der Waals surface area contributed by atoms with Gasteiger partial charge in [-0.1, -0.05) is 36.4 Å². The Morgan fingerprint density at radius 2 is 1.84 bits per heavy atom. The molecule has 0 heterocycles. The van der Waals surface area contributed by atoms with E-state index in [1.54, 1.807) is 30.3 Å². The van der Waals surface area contributed by atoms with Crippen LogP contribution in [0.2, 0.25) is 0 Å². The molecule has 1 unspecified atom stereocenters. The molecule has 0 saturated carbocycles. The van der Waals surface area contributed by atoms with Crippen molar-refractivity contribution in [2.24, 2.45) is 0 Å². The SMILES string of the molecule is N#CC(C(=O)c1cccc(F)c1Br)c1ccccc1. The van der Waals surface area contributed by atoms with Gasteiger partial charge < -0.3 is 0 Å². The molecule has 4 heteroatoms. The first-order chi connectivity index (χ1) is 9.15. The molecule has 0 aliphatic rings. The number of Topliss-reactive ketones (excluding diaryl/α,β-unsaturated/α-hetero) is 1. The van der Waals surface area contributed by atoms with Gasteiger partial charge in [-0.05, 0) is 33.6 Å². The second-order valence-corrected chi connectivity index (χ2v) is 4.73. The molecule has 94 valence electrons. The van der Waals surface area contributed by atoms with Gasteiger partial charge in [0, 0.05) is 5.56 Å². The van der Waals surface area contributed by atoms with Crippen LogP contribution < -0.4 is 0 Å². The molecular formula is C15H9BrFNO. The van der Waals surface area contributed by atoms with Gasteiger partial charge in [0.2, 0.25) is 0 Å². The Balaban J connectivity index is 2.43. The number of halogens is 2. The predicted molar refractivity (Wildman–Crippen MR) is 73.2 cm³/mol. The maximum absolute atomic E-state index is 13.4. The summed E-state index contributed by atoms with van der Waals surface area (Å²) in [5, 5.41) is 9.19. The lowest BCUT2D eigenvalue weighted by atomic mass is 9.92. The monoisotopic (exact) mass is 317 g/mol. The summed E-state index contributed by atoms with van der Waals surface area (Å²) < 4.78 is 13.5. The number of ketones is 1. The summed E-state index contributed by atoms with van der Waals surface area (Å²) in [6, 6.07) is 14.9. The second-order valence-electron chi connectivity index (χ2n) is 3.94. The highest BCUT2D eigenvalue weighted by molar-refractivity contribution is 9.10. The molecule has 2 rings (SSSR count). The fourth-order valence-corrected chi connectivity index (χ4v) is 2.24. The zero-order valence-electron chi connectivity index (χ0n) is 9.81. The van der Waals surface area contributed by atoms with Gasteiger partial charge in [0.15, 0.2) is 5.78 Å². The molecule has 1 atom stereocenters. The zero-order chi connectivity index (χ0) is 13.8. The summed E-state index contributed by atoms with van der Waals surface area (Å²) in [4.78, 5) is 12.3. The molecule has 2 nitrogen and oxygen atoms in total. The van der Waals surface area contributed by atoms with Crippen LogP contribution >= 0.6 is 15.9 Å². The Morgan fingerprint density at radius 1 is 1.16 bits per heavy atom. The number of rotatable bonds is 3. The minimum absolute atomic E-state index is 0.0937. The summed E-state index contributed by atoms with van der Waals surface area (Å²) in [6.07, 6.45) is 0. The van der Waals surface area contributed by atoms with Gasteiger partial charge in [0.25, 0.3) is 0 Å². The number of benzene rings is 2. The highest BCUT2D eigenvalue weighted by Gasteiger charge is 2.24. The number of hydrogen-bond donors (Lipinski definition) is 0. The molecule has 0 fully saturated rings. The molecule has 0 amide bonds. The van der Waals surface area contributed by atoms with Gasteiger partial charge in [-0.3, -0.25) is 4.79 Å². The molecule has 2 aromatic rings. The van der Waals surface area contributed by atoms with Crippen molar-refractivity contribution in [2.75, 3.05) is 0 Å². The maximum atomic E-state index is 13.4. The molecule has 0 radical (unpaired) electrons. The van der Waals surface area contributed by atoms with E-state index in [4.69, 9.17) is 0 Å². The van der Waals surface area contributed by atoms with E-state index in [0.717, 1.165) is 0 Å². The molecule has 0 spiro atoms. The van der Waals surface area contributed by atoms with E-state index in [9.17, 15) is 14.4 Å². The molecule has 0 N–H and O–H groups in total. The zero-order valence-corrected chi connectivity index (χ0v) is 11.4. The third kappa shape index (κ3) is 2.72. The van der Waals surface area contributed by atoms with Gasteiger partial charge in [0.05, 0.1) is 10.5 Å². The van der Waals surface area contributed by atoms with Crippen molar-refractivity contribution in [3.63, 3.8) is 0 Å². The largest absolute Gasteiger partial charge is 0.292 e. The summed E-state index contributed by atoms with van der Waals surface area (Å²) in [5.74, 6) is -1.87. The molecule has 2 aromatic carbocycles. The second kappa shape index (κ2) is 5.77. The average molecular weight is 318 g/mol. The van der Waals surface area contributed by atoms with Crippen molar-refractivity contribution in [2.45, 2.75) is 5.92 Å². The van der Waals surface area contributed by atoms with Crippen molar-refractivity contribution in [3.8, 4) is 6.07 Å². The molecule has 0 aliphatic heterocycles. The van der Waals surface area contributed by atoms with Crippen molar-refractivity contribution < 1.29 is 9.18 Å². The normalized spacial score (nSPS) is 11.6. The lowest BCUT2D eigenvalue weighted by Crippen LogP contribution is -2.12. The van der Waals surface area contributed by atoms with E-state index in [1.165, 1.54) is 18.2 Å². The molecule has 0 aromatic heterocycles.